The number of alkyl halides is 3. The van der Waals surface area contributed by atoms with Crippen LogP contribution in [0.25, 0.3) is 6.08 Å². The third-order valence-electron chi connectivity index (χ3n) is 3.31. The van der Waals surface area contributed by atoms with Crippen LogP contribution in [0.15, 0.2) is 35.9 Å². The molecule has 2 rings (SSSR count). The molecule has 106 valence electrons. The van der Waals surface area contributed by atoms with E-state index in [1.54, 1.807) is 36.4 Å². The average molecular weight is 282 g/mol. The number of ketones is 2. The number of allylic oxidation sites excluding steroid dienone is 1. The normalized spacial score (nSPS) is 22.1. The fourth-order valence-corrected chi connectivity index (χ4v) is 2.32. The fraction of sp³-hybridized carbons (Fsp3) is 0.333. The number of hydrogen-bond acceptors (Lipinski definition) is 2. The van der Waals surface area contributed by atoms with Gasteiger partial charge in [0.2, 0.25) is 5.78 Å². The van der Waals surface area contributed by atoms with Crippen LogP contribution in [0.2, 0.25) is 0 Å². The molecule has 1 saturated carbocycles. The zero-order valence-corrected chi connectivity index (χ0v) is 10.6. The van der Waals surface area contributed by atoms with Crippen LogP contribution in [0.3, 0.4) is 0 Å². The minimum atomic E-state index is -4.95. The first-order valence-electron chi connectivity index (χ1n) is 6.30. The zero-order chi connectivity index (χ0) is 14.8. The van der Waals surface area contributed by atoms with Crippen LogP contribution in [0.4, 0.5) is 13.2 Å². The molecule has 2 nitrogen and oxygen atoms in total. The number of benzene rings is 1. The van der Waals surface area contributed by atoms with Crippen LogP contribution < -0.4 is 0 Å². The fourth-order valence-electron chi connectivity index (χ4n) is 2.32. The third-order valence-corrected chi connectivity index (χ3v) is 3.31. The van der Waals surface area contributed by atoms with Crippen molar-refractivity contribution >= 4 is 17.6 Å². The lowest BCUT2D eigenvalue weighted by atomic mass is 9.81. The molecule has 1 aromatic rings. The van der Waals surface area contributed by atoms with E-state index >= 15 is 0 Å². The molecule has 1 aliphatic carbocycles. The van der Waals surface area contributed by atoms with E-state index in [0.717, 1.165) is 5.56 Å². The summed E-state index contributed by atoms with van der Waals surface area (Å²) in [6, 6.07) is 8.88. The van der Waals surface area contributed by atoms with Gasteiger partial charge in [-0.3, -0.25) is 9.59 Å². The lowest BCUT2D eigenvalue weighted by molar-refractivity contribution is -0.176. The molecule has 0 unspecified atom stereocenters. The monoisotopic (exact) mass is 282 g/mol. The smallest absolute Gasteiger partial charge is 0.294 e. The van der Waals surface area contributed by atoms with E-state index in [2.05, 4.69) is 0 Å². The van der Waals surface area contributed by atoms with Crippen LogP contribution in [0.1, 0.15) is 24.8 Å². The van der Waals surface area contributed by atoms with Gasteiger partial charge >= 0.3 is 6.18 Å². The Kier molecular flexibility index (Phi) is 4.06. The van der Waals surface area contributed by atoms with Crippen molar-refractivity contribution in [2.24, 2.45) is 5.92 Å². The Morgan fingerprint density at radius 2 is 1.85 bits per heavy atom. The topological polar surface area (TPSA) is 34.1 Å². The number of rotatable bonds is 2. The largest absolute Gasteiger partial charge is 0.450 e. The van der Waals surface area contributed by atoms with Crippen molar-refractivity contribution in [2.45, 2.75) is 25.4 Å². The molecular weight excluding hydrogens is 269 g/mol. The Morgan fingerprint density at radius 1 is 1.20 bits per heavy atom. The maximum atomic E-state index is 12.4. The van der Waals surface area contributed by atoms with Gasteiger partial charge in [-0.1, -0.05) is 30.3 Å². The summed E-state index contributed by atoms with van der Waals surface area (Å²) in [5.41, 5.74) is 1.04. The van der Waals surface area contributed by atoms with Gasteiger partial charge < -0.3 is 0 Å². The van der Waals surface area contributed by atoms with Gasteiger partial charge in [-0.15, -0.1) is 0 Å². The molecule has 1 atom stereocenters. The van der Waals surface area contributed by atoms with E-state index < -0.39 is 23.7 Å². The minimum absolute atomic E-state index is 0.0245. The van der Waals surface area contributed by atoms with Gasteiger partial charge in [0.1, 0.15) is 0 Å². The Morgan fingerprint density at radius 3 is 2.45 bits per heavy atom. The van der Waals surface area contributed by atoms with Crippen LogP contribution in [-0.2, 0) is 9.59 Å². The zero-order valence-electron chi connectivity index (χ0n) is 10.6. The van der Waals surface area contributed by atoms with Crippen molar-refractivity contribution in [1.29, 1.82) is 0 Å². The van der Waals surface area contributed by atoms with E-state index in [1.807, 2.05) is 0 Å². The first kappa shape index (κ1) is 14.5. The summed E-state index contributed by atoms with van der Waals surface area (Å²) in [5, 5.41) is 0. The van der Waals surface area contributed by atoms with E-state index in [4.69, 9.17) is 0 Å². The van der Waals surface area contributed by atoms with Gasteiger partial charge in [-0.2, -0.15) is 13.2 Å². The molecule has 0 N–H and O–H groups in total. The van der Waals surface area contributed by atoms with E-state index in [1.165, 1.54) is 0 Å². The second-order valence-electron chi connectivity index (χ2n) is 4.75. The quantitative estimate of drug-likeness (QED) is 0.614. The van der Waals surface area contributed by atoms with Crippen LogP contribution in [0.5, 0.6) is 0 Å². The Labute approximate surface area is 114 Å². The highest BCUT2D eigenvalue weighted by molar-refractivity contribution is 6.14. The number of hydrogen-bond donors (Lipinski definition) is 0. The Balaban J connectivity index is 2.24. The standard InChI is InChI=1S/C15H13F3O2/c16-15(17,18)14(20)12-8-4-7-11(13(12)19)9-10-5-2-1-3-6-10/h1-3,5-6,9,12H,4,7-8H2/b11-9-/t12-/m1/s1. The van der Waals surface area contributed by atoms with E-state index in [-0.39, 0.29) is 6.42 Å². The first-order valence-corrected chi connectivity index (χ1v) is 6.30. The molecule has 0 saturated heterocycles. The molecule has 1 fully saturated rings. The molecule has 1 aliphatic rings. The van der Waals surface area contributed by atoms with Crippen LogP contribution in [0, 0.1) is 5.92 Å². The second kappa shape index (κ2) is 5.61. The van der Waals surface area contributed by atoms with Gasteiger partial charge in [0, 0.05) is 0 Å². The van der Waals surface area contributed by atoms with Crippen molar-refractivity contribution in [1.82, 2.24) is 0 Å². The molecule has 0 heterocycles. The van der Waals surface area contributed by atoms with Crippen LogP contribution in [-0.4, -0.2) is 17.7 Å². The molecule has 0 spiro atoms. The third kappa shape index (κ3) is 3.15. The van der Waals surface area contributed by atoms with Crippen molar-refractivity contribution < 1.29 is 22.8 Å². The average Bonchev–Trinajstić information content (AvgIpc) is 2.40. The van der Waals surface area contributed by atoms with Crippen molar-refractivity contribution in [3.63, 3.8) is 0 Å². The second-order valence-corrected chi connectivity index (χ2v) is 4.75. The molecule has 0 amide bonds. The summed E-state index contributed by atoms with van der Waals surface area (Å²) in [5.74, 6) is -4.19. The van der Waals surface area contributed by atoms with Gasteiger partial charge in [0.15, 0.2) is 5.78 Å². The minimum Gasteiger partial charge on any atom is -0.294 e. The molecule has 0 radical (unpaired) electrons. The number of halogens is 3. The van der Waals surface area contributed by atoms with E-state index in [9.17, 15) is 22.8 Å². The Hall–Kier alpha value is -1.91. The Bertz CT molecular complexity index is 544. The molecule has 5 heteroatoms. The lowest BCUT2D eigenvalue weighted by Gasteiger charge is -2.22. The molecule has 0 bridgehead atoms. The molecule has 0 aliphatic heterocycles. The van der Waals surface area contributed by atoms with Gasteiger partial charge in [-0.05, 0) is 36.5 Å². The highest BCUT2D eigenvalue weighted by atomic mass is 19.4. The first-order chi connectivity index (χ1) is 9.39. The van der Waals surface area contributed by atoms with Gasteiger partial charge in [-0.25, -0.2) is 0 Å². The summed E-state index contributed by atoms with van der Waals surface area (Å²) < 4.78 is 37.3. The number of carbonyl (C=O) groups is 2. The number of Topliss-reactive ketones (excluding diaryl/α,β-unsaturated/α-hetero) is 2. The van der Waals surface area contributed by atoms with Crippen molar-refractivity contribution in [2.75, 3.05) is 0 Å². The molecule has 20 heavy (non-hydrogen) atoms. The lowest BCUT2D eigenvalue weighted by Crippen LogP contribution is -2.37. The molecule has 0 aromatic heterocycles. The summed E-state index contributed by atoms with van der Waals surface area (Å²) in [6.45, 7) is 0. The SMILES string of the molecule is O=C1/C(=C\c2ccccc2)CCC[C@H]1C(=O)C(F)(F)F. The highest BCUT2D eigenvalue weighted by Crippen LogP contribution is 2.32. The van der Waals surface area contributed by atoms with Crippen LogP contribution >= 0.6 is 0 Å². The summed E-state index contributed by atoms with van der Waals surface area (Å²) >= 11 is 0. The number of carbonyl (C=O) groups excluding carboxylic acids is 2. The van der Waals surface area contributed by atoms with Crippen molar-refractivity contribution in [3.05, 3.63) is 41.5 Å². The molecule has 1 aromatic carbocycles. The summed E-state index contributed by atoms with van der Waals surface area (Å²) in [6.07, 6.45) is -2.58. The van der Waals surface area contributed by atoms with Crippen molar-refractivity contribution in [3.8, 4) is 0 Å². The molecular formula is C15H13F3O2. The highest BCUT2D eigenvalue weighted by Gasteiger charge is 2.47. The van der Waals surface area contributed by atoms with Gasteiger partial charge in [0.25, 0.3) is 0 Å². The maximum Gasteiger partial charge on any atom is 0.450 e. The van der Waals surface area contributed by atoms with E-state index in [0.29, 0.717) is 18.4 Å². The predicted molar refractivity (Wildman–Crippen MR) is 67.8 cm³/mol. The van der Waals surface area contributed by atoms with Gasteiger partial charge in [0.05, 0.1) is 5.92 Å². The predicted octanol–water partition coefficient (Wildman–Crippen LogP) is 3.57. The maximum absolute atomic E-state index is 12.4. The summed E-state index contributed by atoms with van der Waals surface area (Å²) in [7, 11) is 0. The summed E-state index contributed by atoms with van der Waals surface area (Å²) in [4.78, 5) is 23.3.